The first-order valence-corrected chi connectivity index (χ1v) is 10.1. The molecule has 158 valence electrons. The molecular weight excluding hydrogens is 392 g/mol. The van der Waals surface area contributed by atoms with Gasteiger partial charge in [0.25, 0.3) is 5.91 Å². The van der Waals surface area contributed by atoms with Gasteiger partial charge in [0, 0.05) is 24.2 Å². The highest BCUT2D eigenvalue weighted by Crippen LogP contribution is 2.24. The molecule has 1 atom stereocenters. The highest BCUT2D eigenvalue weighted by Gasteiger charge is 2.34. The van der Waals surface area contributed by atoms with Gasteiger partial charge in [-0.15, -0.1) is 0 Å². The maximum atomic E-state index is 12.8. The molecule has 8 nitrogen and oxygen atoms in total. The van der Waals surface area contributed by atoms with Crippen LogP contribution < -0.4 is 16.1 Å². The molecule has 0 saturated carbocycles. The zero-order valence-electron chi connectivity index (χ0n) is 17.4. The summed E-state index contributed by atoms with van der Waals surface area (Å²) in [4.78, 5) is 24.7. The Morgan fingerprint density at radius 3 is 2.26 bits per heavy atom. The third-order valence-electron chi connectivity index (χ3n) is 5.39. The minimum absolute atomic E-state index is 0.164. The molecule has 3 N–H and O–H groups in total. The molecule has 2 heterocycles. The number of benzene rings is 2. The number of aryl methyl sites for hydroxylation is 1. The van der Waals surface area contributed by atoms with Gasteiger partial charge in [-0.3, -0.25) is 14.6 Å². The van der Waals surface area contributed by atoms with Crippen molar-refractivity contribution >= 4 is 23.2 Å². The van der Waals surface area contributed by atoms with E-state index < -0.39 is 11.9 Å². The van der Waals surface area contributed by atoms with Crippen molar-refractivity contribution < 1.29 is 9.59 Å². The molecular formula is C23H24N6O2. The number of nitrogens with zero attached hydrogens (tertiary/aromatic N) is 4. The number of hydrogen-bond acceptors (Lipinski definition) is 5. The minimum atomic E-state index is -0.688. The lowest BCUT2D eigenvalue weighted by atomic mass is 10.1. The smallest absolute Gasteiger partial charge is 0.267 e. The molecule has 0 saturated heterocycles. The predicted octanol–water partition coefficient (Wildman–Crippen LogP) is 2.23. The molecule has 1 aromatic heterocycles. The maximum absolute atomic E-state index is 12.8. The molecule has 0 unspecified atom stereocenters. The van der Waals surface area contributed by atoms with Crippen LogP contribution in [-0.2, 0) is 16.1 Å². The zero-order chi connectivity index (χ0) is 22.0. The lowest BCUT2D eigenvalue weighted by Gasteiger charge is -2.20. The summed E-state index contributed by atoms with van der Waals surface area (Å²) < 4.78 is 1.87. The van der Waals surface area contributed by atoms with Crippen LogP contribution in [-0.4, -0.2) is 33.3 Å². The van der Waals surface area contributed by atoms with Crippen LogP contribution in [0.2, 0.25) is 0 Å². The van der Waals surface area contributed by atoms with Gasteiger partial charge in [-0.05, 0) is 38.1 Å². The van der Waals surface area contributed by atoms with Crippen molar-refractivity contribution in [3.05, 3.63) is 77.6 Å². The molecule has 0 aliphatic carbocycles. The van der Waals surface area contributed by atoms with Crippen molar-refractivity contribution in [1.29, 1.82) is 0 Å². The number of anilines is 1. The van der Waals surface area contributed by atoms with E-state index in [0.717, 1.165) is 22.6 Å². The Balaban J connectivity index is 1.50. The van der Waals surface area contributed by atoms with E-state index in [4.69, 9.17) is 5.73 Å². The molecule has 0 fully saturated rings. The quantitative estimate of drug-likeness (QED) is 0.643. The SMILES string of the molecule is Cc1nn(-c2ccccc2)c(C)c1CNC(=O)C1=NN(c2ccccc2)[C@H](C(N)=O)C1. The fraction of sp³-hybridized carbons (Fsp3) is 0.217. The average molecular weight is 416 g/mol. The Morgan fingerprint density at radius 2 is 1.65 bits per heavy atom. The van der Waals surface area contributed by atoms with Crippen LogP contribution in [0, 0.1) is 13.8 Å². The van der Waals surface area contributed by atoms with Crippen molar-refractivity contribution in [2.24, 2.45) is 10.8 Å². The number of hydrogen-bond donors (Lipinski definition) is 2. The van der Waals surface area contributed by atoms with Crippen LogP contribution in [0.1, 0.15) is 23.4 Å². The number of rotatable bonds is 6. The summed E-state index contributed by atoms with van der Waals surface area (Å²) in [6.45, 7) is 4.21. The van der Waals surface area contributed by atoms with Gasteiger partial charge >= 0.3 is 0 Å². The third kappa shape index (κ3) is 4.05. The third-order valence-corrected chi connectivity index (χ3v) is 5.39. The number of primary amides is 1. The molecule has 2 amide bonds. The van der Waals surface area contributed by atoms with E-state index in [2.05, 4.69) is 15.5 Å². The minimum Gasteiger partial charge on any atom is -0.368 e. The zero-order valence-corrected chi connectivity index (χ0v) is 17.4. The van der Waals surface area contributed by atoms with Gasteiger partial charge in [-0.25, -0.2) is 4.68 Å². The van der Waals surface area contributed by atoms with Gasteiger partial charge in [0.2, 0.25) is 5.91 Å². The number of carbonyl (C=O) groups excluding carboxylic acids is 2. The number of hydrazone groups is 1. The molecule has 4 rings (SSSR count). The highest BCUT2D eigenvalue weighted by molar-refractivity contribution is 6.40. The average Bonchev–Trinajstić information content (AvgIpc) is 3.35. The summed E-state index contributed by atoms with van der Waals surface area (Å²) in [7, 11) is 0. The Labute approximate surface area is 180 Å². The van der Waals surface area contributed by atoms with Gasteiger partial charge in [0.15, 0.2) is 0 Å². The number of para-hydroxylation sites is 2. The molecule has 1 aliphatic rings. The Kier molecular flexibility index (Phi) is 5.53. The van der Waals surface area contributed by atoms with Crippen LogP contribution in [0.15, 0.2) is 65.8 Å². The molecule has 3 aromatic rings. The summed E-state index contributed by atoms with van der Waals surface area (Å²) in [5.41, 5.74) is 10.3. The van der Waals surface area contributed by atoms with E-state index >= 15 is 0 Å². The van der Waals surface area contributed by atoms with E-state index in [1.807, 2.05) is 79.2 Å². The lowest BCUT2D eigenvalue weighted by Crippen LogP contribution is -2.39. The van der Waals surface area contributed by atoms with E-state index in [1.54, 1.807) is 0 Å². The normalized spacial score (nSPS) is 15.6. The van der Waals surface area contributed by atoms with Gasteiger partial charge in [-0.2, -0.15) is 10.2 Å². The molecule has 1 aliphatic heterocycles. The van der Waals surface area contributed by atoms with Crippen LogP contribution in [0.3, 0.4) is 0 Å². The van der Waals surface area contributed by atoms with Crippen molar-refractivity contribution in [1.82, 2.24) is 15.1 Å². The van der Waals surface area contributed by atoms with Crippen molar-refractivity contribution in [2.45, 2.75) is 32.9 Å². The van der Waals surface area contributed by atoms with Crippen LogP contribution in [0.4, 0.5) is 5.69 Å². The summed E-state index contributed by atoms with van der Waals surface area (Å²) in [5.74, 6) is -0.845. The molecule has 2 aromatic carbocycles. The second kappa shape index (κ2) is 8.43. The van der Waals surface area contributed by atoms with Crippen LogP contribution >= 0.6 is 0 Å². The summed E-state index contributed by atoms with van der Waals surface area (Å²) >= 11 is 0. The fourth-order valence-corrected chi connectivity index (χ4v) is 3.71. The monoisotopic (exact) mass is 416 g/mol. The maximum Gasteiger partial charge on any atom is 0.267 e. The van der Waals surface area contributed by atoms with Crippen molar-refractivity contribution in [3.8, 4) is 5.69 Å². The van der Waals surface area contributed by atoms with Crippen LogP contribution in [0.25, 0.3) is 5.69 Å². The Bertz CT molecular complexity index is 1140. The second-order valence-electron chi connectivity index (χ2n) is 7.43. The fourth-order valence-electron chi connectivity index (χ4n) is 3.71. The molecule has 0 bridgehead atoms. The summed E-state index contributed by atoms with van der Waals surface area (Å²) in [5, 5.41) is 13.4. The topological polar surface area (TPSA) is 106 Å². The van der Waals surface area contributed by atoms with Gasteiger partial charge < -0.3 is 11.1 Å². The first kappa shape index (κ1) is 20.3. The lowest BCUT2D eigenvalue weighted by molar-refractivity contribution is -0.119. The number of carbonyl (C=O) groups is 2. The number of amides is 2. The van der Waals surface area contributed by atoms with Crippen molar-refractivity contribution in [3.63, 3.8) is 0 Å². The standard InChI is InChI=1S/C23H24N6O2/c1-15-19(16(2)28(26-15)17-9-5-3-6-10-17)14-25-23(31)20-13-21(22(24)30)29(27-20)18-11-7-4-8-12-18/h3-12,21H,13-14H2,1-2H3,(H2,24,30)(H,25,31)/t21-/m0/s1. The Morgan fingerprint density at radius 1 is 1.03 bits per heavy atom. The first-order valence-electron chi connectivity index (χ1n) is 10.1. The van der Waals surface area contributed by atoms with E-state index in [-0.39, 0.29) is 18.0 Å². The highest BCUT2D eigenvalue weighted by atomic mass is 16.2. The predicted molar refractivity (Wildman–Crippen MR) is 119 cm³/mol. The molecule has 0 radical (unpaired) electrons. The second-order valence-corrected chi connectivity index (χ2v) is 7.43. The number of aromatic nitrogens is 2. The molecule has 8 heteroatoms. The molecule has 0 spiro atoms. The Hall–Kier alpha value is -3.94. The van der Waals surface area contributed by atoms with Gasteiger partial charge in [0.1, 0.15) is 11.8 Å². The van der Waals surface area contributed by atoms with Gasteiger partial charge in [-0.1, -0.05) is 36.4 Å². The summed E-state index contributed by atoms with van der Waals surface area (Å²) in [6, 6.07) is 18.4. The van der Waals surface area contributed by atoms with E-state index in [1.165, 1.54) is 5.01 Å². The van der Waals surface area contributed by atoms with E-state index in [9.17, 15) is 9.59 Å². The van der Waals surface area contributed by atoms with E-state index in [0.29, 0.717) is 12.2 Å². The van der Waals surface area contributed by atoms with Crippen LogP contribution in [0.5, 0.6) is 0 Å². The largest absolute Gasteiger partial charge is 0.368 e. The van der Waals surface area contributed by atoms with Crippen molar-refractivity contribution in [2.75, 3.05) is 5.01 Å². The molecule has 31 heavy (non-hydrogen) atoms. The first-order chi connectivity index (χ1) is 15.0. The van der Waals surface area contributed by atoms with Gasteiger partial charge in [0.05, 0.1) is 17.1 Å². The number of nitrogens with one attached hydrogen (secondary N) is 1. The summed E-state index contributed by atoms with van der Waals surface area (Å²) in [6.07, 6.45) is 0.164. The number of nitrogens with two attached hydrogens (primary N) is 1.